The highest BCUT2D eigenvalue weighted by Gasteiger charge is 2.27. The SMILES string of the molecule is COc1ccc(N(Cc2cscc2OC)C2CCN([C@H](C)CCN)CC2)cc1. The number of piperidine rings is 1. The number of rotatable bonds is 9. The molecule has 2 N–H and O–H groups in total. The number of methoxy groups -OCH3 is 2. The second kappa shape index (κ2) is 10.1. The second-order valence-corrected chi connectivity index (χ2v) is 8.23. The van der Waals surface area contributed by atoms with Crippen molar-refractivity contribution in [2.24, 2.45) is 5.73 Å². The van der Waals surface area contributed by atoms with Crippen molar-refractivity contribution < 1.29 is 9.47 Å². The number of thiophene rings is 1. The van der Waals surface area contributed by atoms with Gasteiger partial charge in [-0.2, -0.15) is 0 Å². The zero-order valence-electron chi connectivity index (χ0n) is 17.3. The molecule has 1 aromatic heterocycles. The van der Waals surface area contributed by atoms with E-state index in [0.717, 1.165) is 56.9 Å². The minimum atomic E-state index is 0.513. The van der Waals surface area contributed by atoms with Gasteiger partial charge in [0.1, 0.15) is 11.5 Å². The molecule has 2 aromatic rings. The number of nitrogens with zero attached hydrogens (tertiary/aromatic N) is 2. The van der Waals surface area contributed by atoms with E-state index in [0.29, 0.717) is 12.1 Å². The van der Waals surface area contributed by atoms with Gasteiger partial charge in [0.25, 0.3) is 0 Å². The zero-order chi connectivity index (χ0) is 19.9. The van der Waals surface area contributed by atoms with Crippen LogP contribution >= 0.6 is 11.3 Å². The summed E-state index contributed by atoms with van der Waals surface area (Å²) in [5, 5.41) is 4.28. The van der Waals surface area contributed by atoms with Gasteiger partial charge < -0.3 is 25.0 Å². The molecule has 0 radical (unpaired) electrons. The molecule has 28 heavy (non-hydrogen) atoms. The smallest absolute Gasteiger partial charge is 0.134 e. The molecule has 2 heterocycles. The Morgan fingerprint density at radius 3 is 2.46 bits per heavy atom. The standard InChI is InChI=1S/C22H33N3O2S/c1-17(8-11-23)24-12-9-20(10-13-24)25(14-18-15-28-16-22(18)27-3)19-4-6-21(26-2)7-5-19/h4-7,15-17,20H,8-14,23H2,1-3H3/t17-/m1/s1. The highest BCUT2D eigenvalue weighted by molar-refractivity contribution is 7.08. The summed E-state index contributed by atoms with van der Waals surface area (Å²) in [6.45, 7) is 6.17. The van der Waals surface area contributed by atoms with E-state index in [1.165, 1.54) is 11.3 Å². The van der Waals surface area contributed by atoms with Crippen molar-refractivity contribution in [1.82, 2.24) is 4.90 Å². The lowest BCUT2D eigenvalue weighted by Crippen LogP contribution is -2.47. The van der Waals surface area contributed by atoms with Crippen LogP contribution in [0.5, 0.6) is 11.5 Å². The van der Waals surface area contributed by atoms with E-state index in [2.05, 4.69) is 39.6 Å². The number of benzene rings is 1. The topological polar surface area (TPSA) is 51.0 Å². The van der Waals surface area contributed by atoms with Gasteiger partial charge in [0.2, 0.25) is 0 Å². The Kier molecular flexibility index (Phi) is 7.59. The summed E-state index contributed by atoms with van der Waals surface area (Å²) in [5.74, 6) is 1.87. The molecule has 0 saturated carbocycles. The first-order chi connectivity index (χ1) is 13.7. The summed E-state index contributed by atoms with van der Waals surface area (Å²) in [7, 11) is 3.46. The van der Waals surface area contributed by atoms with Crippen molar-refractivity contribution in [3.63, 3.8) is 0 Å². The van der Waals surface area contributed by atoms with E-state index in [-0.39, 0.29) is 0 Å². The minimum Gasteiger partial charge on any atom is -0.497 e. The molecule has 1 atom stereocenters. The lowest BCUT2D eigenvalue weighted by molar-refractivity contribution is 0.154. The second-order valence-electron chi connectivity index (χ2n) is 7.48. The monoisotopic (exact) mass is 403 g/mol. The molecule has 1 saturated heterocycles. The maximum Gasteiger partial charge on any atom is 0.134 e. The number of anilines is 1. The summed E-state index contributed by atoms with van der Waals surface area (Å²) in [6, 6.07) is 9.51. The largest absolute Gasteiger partial charge is 0.497 e. The third-order valence-corrected chi connectivity index (χ3v) is 6.58. The van der Waals surface area contributed by atoms with Gasteiger partial charge in [-0.3, -0.25) is 0 Å². The van der Waals surface area contributed by atoms with Crippen molar-refractivity contribution in [2.45, 2.75) is 44.8 Å². The molecule has 3 rings (SSSR count). The van der Waals surface area contributed by atoms with Gasteiger partial charge in [0.15, 0.2) is 0 Å². The zero-order valence-corrected chi connectivity index (χ0v) is 18.1. The molecule has 154 valence electrons. The van der Waals surface area contributed by atoms with Gasteiger partial charge in [-0.25, -0.2) is 0 Å². The van der Waals surface area contributed by atoms with Gasteiger partial charge in [0, 0.05) is 48.3 Å². The summed E-state index contributed by atoms with van der Waals surface area (Å²) in [6.07, 6.45) is 3.39. The predicted octanol–water partition coefficient (Wildman–Crippen LogP) is 3.97. The maximum atomic E-state index is 5.76. The molecule has 0 unspecified atom stereocenters. The first kappa shape index (κ1) is 21.0. The van der Waals surface area contributed by atoms with Crippen LogP contribution < -0.4 is 20.1 Å². The van der Waals surface area contributed by atoms with Crippen molar-refractivity contribution in [3.8, 4) is 11.5 Å². The summed E-state index contributed by atoms with van der Waals surface area (Å²) in [4.78, 5) is 5.12. The highest BCUT2D eigenvalue weighted by atomic mass is 32.1. The van der Waals surface area contributed by atoms with Crippen molar-refractivity contribution >= 4 is 17.0 Å². The molecule has 1 aliphatic rings. The molecule has 1 aromatic carbocycles. The van der Waals surface area contributed by atoms with Crippen LogP contribution in [0.25, 0.3) is 0 Å². The predicted molar refractivity (Wildman–Crippen MR) is 118 cm³/mol. The Bertz CT molecular complexity index is 711. The average Bonchev–Trinajstić information content (AvgIpc) is 3.20. The van der Waals surface area contributed by atoms with Crippen LogP contribution in [0.2, 0.25) is 0 Å². The Hall–Kier alpha value is -1.76. The molecular formula is C22H33N3O2S. The van der Waals surface area contributed by atoms with Gasteiger partial charge in [-0.1, -0.05) is 0 Å². The lowest BCUT2D eigenvalue weighted by atomic mass is 9.99. The van der Waals surface area contributed by atoms with Crippen LogP contribution in [-0.2, 0) is 6.54 Å². The Labute approximate surface area is 173 Å². The number of hydrogen-bond donors (Lipinski definition) is 1. The van der Waals surface area contributed by atoms with Crippen LogP contribution in [0.15, 0.2) is 35.0 Å². The molecule has 5 nitrogen and oxygen atoms in total. The number of ether oxygens (including phenoxy) is 2. The van der Waals surface area contributed by atoms with E-state index < -0.39 is 0 Å². The van der Waals surface area contributed by atoms with E-state index in [1.807, 2.05) is 12.1 Å². The Morgan fingerprint density at radius 1 is 1.14 bits per heavy atom. The quantitative estimate of drug-likeness (QED) is 0.686. The van der Waals surface area contributed by atoms with E-state index in [4.69, 9.17) is 15.2 Å². The molecule has 1 aliphatic heterocycles. The van der Waals surface area contributed by atoms with Crippen LogP contribution in [0.4, 0.5) is 5.69 Å². The lowest BCUT2D eigenvalue weighted by Gasteiger charge is -2.42. The molecule has 0 amide bonds. The maximum absolute atomic E-state index is 5.76. The van der Waals surface area contributed by atoms with E-state index in [1.54, 1.807) is 25.6 Å². The first-order valence-electron chi connectivity index (χ1n) is 10.1. The van der Waals surface area contributed by atoms with Crippen molar-refractivity contribution in [2.75, 3.05) is 38.8 Å². The van der Waals surface area contributed by atoms with Gasteiger partial charge >= 0.3 is 0 Å². The first-order valence-corrected chi connectivity index (χ1v) is 11.0. The van der Waals surface area contributed by atoms with Crippen LogP contribution in [0.1, 0.15) is 31.7 Å². The van der Waals surface area contributed by atoms with Crippen LogP contribution in [0.3, 0.4) is 0 Å². The molecule has 0 spiro atoms. The fourth-order valence-corrected chi connectivity index (χ4v) is 4.85. The fourth-order valence-electron chi connectivity index (χ4n) is 4.06. The third-order valence-electron chi connectivity index (χ3n) is 5.81. The fraction of sp³-hybridized carbons (Fsp3) is 0.545. The summed E-state index contributed by atoms with van der Waals surface area (Å²) >= 11 is 1.70. The third kappa shape index (κ3) is 4.99. The van der Waals surface area contributed by atoms with Crippen LogP contribution in [-0.4, -0.2) is 50.8 Å². The van der Waals surface area contributed by atoms with Gasteiger partial charge in [-0.15, -0.1) is 11.3 Å². The van der Waals surface area contributed by atoms with Gasteiger partial charge in [-0.05, 0) is 62.4 Å². The van der Waals surface area contributed by atoms with Crippen LogP contribution in [0, 0.1) is 0 Å². The summed E-state index contributed by atoms with van der Waals surface area (Å²) in [5.41, 5.74) is 8.25. The molecule has 0 bridgehead atoms. The molecule has 0 aliphatic carbocycles. The number of hydrogen-bond acceptors (Lipinski definition) is 6. The van der Waals surface area contributed by atoms with Crippen molar-refractivity contribution in [1.29, 1.82) is 0 Å². The van der Waals surface area contributed by atoms with E-state index in [9.17, 15) is 0 Å². The highest BCUT2D eigenvalue weighted by Crippen LogP contribution is 2.32. The Morgan fingerprint density at radius 2 is 1.86 bits per heavy atom. The average molecular weight is 404 g/mol. The minimum absolute atomic E-state index is 0.513. The van der Waals surface area contributed by atoms with Gasteiger partial charge in [0.05, 0.1) is 14.2 Å². The molecule has 1 fully saturated rings. The van der Waals surface area contributed by atoms with E-state index >= 15 is 0 Å². The molecular weight excluding hydrogens is 370 g/mol. The summed E-state index contributed by atoms with van der Waals surface area (Å²) < 4.78 is 10.9. The number of nitrogens with two attached hydrogens (primary N) is 1. The normalized spacial score (nSPS) is 16.7. The van der Waals surface area contributed by atoms with Crippen molar-refractivity contribution in [3.05, 3.63) is 40.6 Å². The number of likely N-dealkylation sites (tertiary alicyclic amines) is 1. The molecule has 6 heteroatoms. The Balaban J connectivity index is 1.76.